The highest BCUT2D eigenvalue weighted by Gasteiger charge is 2.14. The molecule has 2 aromatic rings. The number of hydrogen-bond acceptors (Lipinski definition) is 4. The first-order chi connectivity index (χ1) is 8.87. The third-order valence-corrected chi connectivity index (χ3v) is 5.05. The van der Waals surface area contributed by atoms with Gasteiger partial charge in [-0.25, -0.2) is 14.6 Å². The van der Waals surface area contributed by atoms with Crippen LogP contribution in [0.5, 0.6) is 0 Å². The van der Waals surface area contributed by atoms with Gasteiger partial charge in [0.25, 0.3) is 0 Å². The molecule has 0 atom stereocenters. The molecule has 0 saturated heterocycles. The molecule has 104 valence electrons. The van der Waals surface area contributed by atoms with Crippen LogP contribution in [0.3, 0.4) is 0 Å². The molecule has 0 saturated carbocycles. The van der Waals surface area contributed by atoms with E-state index in [1.807, 2.05) is 0 Å². The van der Waals surface area contributed by atoms with E-state index in [0.29, 0.717) is 16.9 Å². The van der Waals surface area contributed by atoms with Crippen LogP contribution in [0.4, 0.5) is 0 Å². The first-order valence-electron chi connectivity index (χ1n) is 5.99. The Labute approximate surface area is 126 Å². The van der Waals surface area contributed by atoms with Gasteiger partial charge in [0.05, 0.1) is 6.20 Å². The first kappa shape index (κ1) is 14.9. The highest BCUT2D eigenvalue weighted by atomic mass is 79.9. The molecular weight excluding hydrogens is 348 g/mol. The van der Waals surface area contributed by atoms with Crippen molar-refractivity contribution in [3.8, 4) is 0 Å². The van der Waals surface area contributed by atoms with Gasteiger partial charge in [0.1, 0.15) is 17.8 Å². The fraction of sp³-hybridized carbons (Fsp3) is 0.545. The van der Waals surface area contributed by atoms with E-state index in [4.69, 9.17) is 16.3 Å². The van der Waals surface area contributed by atoms with Crippen molar-refractivity contribution in [3.05, 3.63) is 16.1 Å². The Morgan fingerprint density at radius 1 is 1.42 bits per heavy atom. The van der Waals surface area contributed by atoms with E-state index in [-0.39, 0.29) is 5.28 Å². The zero-order chi connectivity index (χ0) is 14.0. The van der Waals surface area contributed by atoms with Crippen LogP contribution in [0.15, 0.2) is 10.8 Å². The lowest BCUT2D eigenvalue weighted by atomic mass is 10.5. The second-order valence-electron chi connectivity index (χ2n) is 5.51. The van der Waals surface area contributed by atoms with Crippen molar-refractivity contribution in [2.75, 3.05) is 6.61 Å². The SMILES string of the molecule is C[Si](C)(C)CCOCn1nc(Br)c2nc(Cl)ncc21. The number of nitrogens with zero attached hydrogens (tertiary/aromatic N) is 4. The van der Waals surface area contributed by atoms with Crippen molar-refractivity contribution >= 4 is 46.6 Å². The molecule has 0 N–H and O–H groups in total. The van der Waals surface area contributed by atoms with Gasteiger partial charge in [0, 0.05) is 14.7 Å². The Kier molecular flexibility index (Phi) is 4.60. The van der Waals surface area contributed by atoms with Crippen LogP contribution in [0.25, 0.3) is 11.0 Å². The molecule has 0 fully saturated rings. The number of rotatable bonds is 5. The van der Waals surface area contributed by atoms with Crippen LogP contribution >= 0.6 is 27.5 Å². The van der Waals surface area contributed by atoms with Gasteiger partial charge in [-0.3, -0.25) is 0 Å². The highest BCUT2D eigenvalue weighted by Crippen LogP contribution is 2.21. The molecule has 8 heteroatoms. The summed E-state index contributed by atoms with van der Waals surface area (Å²) in [6.45, 7) is 8.13. The number of fused-ring (bicyclic) bond motifs is 1. The fourth-order valence-electron chi connectivity index (χ4n) is 1.53. The minimum Gasteiger partial charge on any atom is -0.360 e. The first-order valence-corrected chi connectivity index (χ1v) is 10.9. The van der Waals surface area contributed by atoms with Gasteiger partial charge < -0.3 is 4.74 Å². The summed E-state index contributed by atoms with van der Waals surface area (Å²) in [4.78, 5) is 8.11. The Balaban J connectivity index is 2.05. The summed E-state index contributed by atoms with van der Waals surface area (Å²) in [6, 6.07) is 1.13. The summed E-state index contributed by atoms with van der Waals surface area (Å²) < 4.78 is 8.06. The summed E-state index contributed by atoms with van der Waals surface area (Å²) in [5, 5.41) is 4.54. The van der Waals surface area contributed by atoms with Crippen molar-refractivity contribution in [1.82, 2.24) is 19.7 Å². The lowest BCUT2D eigenvalue weighted by molar-refractivity contribution is 0.0814. The molecule has 2 heterocycles. The van der Waals surface area contributed by atoms with Gasteiger partial charge in [0.2, 0.25) is 5.28 Å². The summed E-state index contributed by atoms with van der Waals surface area (Å²) in [5.41, 5.74) is 1.51. The molecule has 0 aromatic carbocycles. The Bertz CT molecular complexity index is 584. The van der Waals surface area contributed by atoms with Crippen LogP contribution in [0.2, 0.25) is 31.0 Å². The van der Waals surface area contributed by atoms with Gasteiger partial charge in [-0.2, -0.15) is 5.10 Å². The monoisotopic (exact) mass is 362 g/mol. The fourth-order valence-corrected chi connectivity index (χ4v) is 2.90. The number of halogens is 2. The van der Waals surface area contributed by atoms with Gasteiger partial charge in [0.15, 0.2) is 4.60 Å². The second-order valence-corrected chi connectivity index (χ2v) is 12.2. The lowest BCUT2D eigenvalue weighted by Gasteiger charge is -2.15. The average molecular weight is 364 g/mol. The minimum absolute atomic E-state index is 0.215. The summed E-state index contributed by atoms with van der Waals surface area (Å²) >= 11 is 9.13. The van der Waals surface area contributed by atoms with Gasteiger partial charge in [-0.05, 0) is 33.6 Å². The van der Waals surface area contributed by atoms with E-state index in [9.17, 15) is 0 Å². The quantitative estimate of drug-likeness (QED) is 0.463. The summed E-state index contributed by atoms with van der Waals surface area (Å²) in [5.74, 6) is 0. The third-order valence-electron chi connectivity index (χ3n) is 2.63. The predicted octanol–water partition coefficient (Wildman–Crippen LogP) is 3.55. The van der Waals surface area contributed by atoms with E-state index in [0.717, 1.165) is 18.2 Å². The van der Waals surface area contributed by atoms with Crippen molar-refractivity contribution in [2.24, 2.45) is 0 Å². The number of hydrogen-bond donors (Lipinski definition) is 0. The van der Waals surface area contributed by atoms with Crippen molar-refractivity contribution in [2.45, 2.75) is 32.4 Å². The minimum atomic E-state index is -1.06. The molecule has 2 aromatic heterocycles. The Morgan fingerprint density at radius 3 is 2.84 bits per heavy atom. The molecule has 0 bridgehead atoms. The second kappa shape index (κ2) is 5.86. The molecule has 0 spiro atoms. The smallest absolute Gasteiger partial charge is 0.223 e. The molecule has 5 nitrogen and oxygen atoms in total. The van der Waals surface area contributed by atoms with Gasteiger partial charge >= 0.3 is 0 Å². The van der Waals surface area contributed by atoms with Crippen molar-refractivity contribution in [1.29, 1.82) is 0 Å². The lowest BCUT2D eigenvalue weighted by Crippen LogP contribution is -2.22. The van der Waals surface area contributed by atoms with Gasteiger partial charge in [-0.15, -0.1) is 0 Å². The average Bonchev–Trinajstić information content (AvgIpc) is 2.60. The Morgan fingerprint density at radius 2 is 2.16 bits per heavy atom. The molecule has 0 unspecified atom stereocenters. The number of ether oxygens (including phenoxy) is 1. The molecule has 0 aliphatic heterocycles. The van der Waals surface area contributed by atoms with E-state index >= 15 is 0 Å². The molecule has 0 amide bonds. The van der Waals surface area contributed by atoms with Gasteiger partial charge in [-0.1, -0.05) is 19.6 Å². The zero-order valence-corrected chi connectivity index (χ0v) is 14.5. The van der Waals surface area contributed by atoms with Crippen molar-refractivity contribution < 1.29 is 4.74 Å². The third kappa shape index (κ3) is 3.98. The topological polar surface area (TPSA) is 52.8 Å². The molecule has 2 rings (SSSR count). The largest absolute Gasteiger partial charge is 0.360 e. The van der Waals surface area contributed by atoms with Crippen LogP contribution in [-0.2, 0) is 11.5 Å². The molecule has 19 heavy (non-hydrogen) atoms. The molecular formula is C11H16BrClN4OSi. The maximum atomic E-state index is 5.77. The van der Waals surface area contributed by atoms with E-state index in [1.165, 1.54) is 0 Å². The molecule has 0 radical (unpaired) electrons. The standard InChI is InChI=1S/C11H16BrClN4OSi/c1-19(2,3)5-4-18-7-17-8-6-14-11(13)15-9(8)10(12)16-17/h6H,4-5,7H2,1-3H3. The van der Waals surface area contributed by atoms with E-state index in [1.54, 1.807) is 10.9 Å². The van der Waals surface area contributed by atoms with Crippen LogP contribution < -0.4 is 0 Å². The zero-order valence-electron chi connectivity index (χ0n) is 11.2. The predicted molar refractivity (Wildman–Crippen MR) is 82.1 cm³/mol. The Hall–Kier alpha value is -0.503. The van der Waals surface area contributed by atoms with E-state index < -0.39 is 8.07 Å². The highest BCUT2D eigenvalue weighted by molar-refractivity contribution is 9.10. The van der Waals surface area contributed by atoms with Crippen LogP contribution in [0.1, 0.15) is 0 Å². The van der Waals surface area contributed by atoms with Crippen LogP contribution in [0, 0.1) is 0 Å². The molecule has 0 aliphatic carbocycles. The summed E-state index contributed by atoms with van der Waals surface area (Å²) in [7, 11) is -1.06. The maximum absolute atomic E-state index is 5.77. The summed E-state index contributed by atoms with van der Waals surface area (Å²) in [6.07, 6.45) is 1.66. The maximum Gasteiger partial charge on any atom is 0.223 e. The molecule has 0 aliphatic rings. The van der Waals surface area contributed by atoms with Crippen LogP contribution in [-0.4, -0.2) is 34.4 Å². The number of aromatic nitrogens is 4. The van der Waals surface area contributed by atoms with Crippen molar-refractivity contribution in [3.63, 3.8) is 0 Å². The van der Waals surface area contributed by atoms with E-state index in [2.05, 4.69) is 50.6 Å². The normalized spacial score (nSPS) is 12.3.